The van der Waals surface area contributed by atoms with Gasteiger partial charge in [-0.05, 0) is 69.8 Å². The molecule has 0 radical (unpaired) electrons. The quantitative estimate of drug-likeness (QED) is 0.506. The molecule has 0 aromatic carbocycles. The monoisotopic (exact) mass is 468 g/mol. The molecule has 33 heavy (non-hydrogen) atoms. The Labute approximate surface area is 203 Å². The van der Waals surface area contributed by atoms with Crippen molar-refractivity contribution in [3.63, 3.8) is 0 Å². The minimum absolute atomic E-state index is 0.0819. The third-order valence-corrected chi connectivity index (χ3v) is 8.85. The van der Waals surface area contributed by atoms with Crippen molar-refractivity contribution in [2.75, 3.05) is 0 Å². The molecule has 1 atom stereocenters. The van der Waals surface area contributed by atoms with Gasteiger partial charge in [-0.2, -0.15) is 5.10 Å². The van der Waals surface area contributed by atoms with Crippen LogP contribution in [0.2, 0.25) is 0 Å². The number of nitrogens with zero attached hydrogens (tertiary/aromatic N) is 3. The lowest BCUT2D eigenvalue weighted by molar-refractivity contribution is 0.0927. The summed E-state index contributed by atoms with van der Waals surface area (Å²) in [7, 11) is 0. The molecule has 1 unspecified atom stereocenters. The fourth-order valence-electron chi connectivity index (χ4n) is 5.47. The molecule has 2 heterocycles. The van der Waals surface area contributed by atoms with Gasteiger partial charge in [-0.3, -0.25) is 9.48 Å². The van der Waals surface area contributed by atoms with Gasteiger partial charge in [0.2, 0.25) is 0 Å². The molecule has 1 amide bonds. The number of rotatable bonds is 5. The highest BCUT2D eigenvalue weighted by atomic mass is 32.1. The molecule has 1 N–H and O–H groups in total. The van der Waals surface area contributed by atoms with Crippen molar-refractivity contribution in [3.8, 4) is 0 Å². The summed E-state index contributed by atoms with van der Waals surface area (Å²) >= 11 is 1.73. The minimum Gasteiger partial charge on any atom is -0.349 e. The van der Waals surface area contributed by atoms with Crippen LogP contribution in [0.3, 0.4) is 0 Å². The van der Waals surface area contributed by atoms with E-state index in [0.717, 1.165) is 66.2 Å². The van der Waals surface area contributed by atoms with E-state index >= 15 is 0 Å². The van der Waals surface area contributed by atoms with E-state index in [-0.39, 0.29) is 11.3 Å². The third kappa shape index (κ3) is 5.11. The number of amides is 1. The van der Waals surface area contributed by atoms with Crippen LogP contribution in [0.25, 0.3) is 0 Å². The van der Waals surface area contributed by atoms with Crippen LogP contribution in [0, 0.1) is 25.2 Å². The van der Waals surface area contributed by atoms with Crippen molar-refractivity contribution < 1.29 is 4.79 Å². The Bertz CT molecular complexity index is 1030. The number of hydrogen-bond donors (Lipinski definition) is 1. The highest BCUT2D eigenvalue weighted by molar-refractivity contribution is 7.16. The van der Waals surface area contributed by atoms with Gasteiger partial charge in [-0.25, -0.2) is 4.99 Å². The van der Waals surface area contributed by atoms with Crippen LogP contribution in [0.4, 0.5) is 5.00 Å². The summed E-state index contributed by atoms with van der Waals surface area (Å²) in [5, 5.41) is 8.86. The smallest absolute Gasteiger partial charge is 0.254 e. The number of carbonyl (C=O) groups excluding carboxylic acids is 1. The summed E-state index contributed by atoms with van der Waals surface area (Å²) in [6, 6.07) is 0.303. The Morgan fingerprint density at radius 3 is 2.58 bits per heavy atom. The molecule has 1 saturated carbocycles. The first-order valence-corrected chi connectivity index (χ1v) is 13.5. The molecule has 0 saturated heterocycles. The van der Waals surface area contributed by atoms with Gasteiger partial charge in [0.15, 0.2) is 0 Å². The van der Waals surface area contributed by atoms with E-state index in [9.17, 15) is 4.79 Å². The maximum absolute atomic E-state index is 13.5. The highest BCUT2D eigenvalue weighted by Gasteiger charge is 2.34. The number of aliphatic imine (C=N–C) groups is 1. The minimum atomic E-state index is 0.0819. The fourth-order valence-corrected chi connectivity index (χ4v) is 6.74. The van der Waals surface area contributed by atoms with Crippen molar-refractivity contribution in [2.24, 2.45) is 16.3 Å². The average Bonchev–Trinajstić information content (AvgIpc) is 3.28. The van der Waals surface area contributed by atoms with Gasteiger partial charge in [0.05, 0.1) is 11.3 Å². The molecular formula is C27H40N4OS. The first kappa shape index (κ1) is 24.2. The molecule has 5 nitrogen and oxygen atoms in total. The fraction of sp³-hybridized carbons (Fsp3) is 0.667. The zero-order valence-corrected chi connectivity index (χ0v) is 22.1. The molecule has 4 rings (SSSR count). The maximum atomic E-state index is 13.5. The second-order valence-electron chi connectivity index (χ2n) is 11.0. The molecule has 6 heteroatoms. The molecule has 0 bridgehead atoms. The summed E-state index contributed by atoms with van der Waals surface area (Å²) < 4.78 is 2.01. The zero-order valence-electron chi connectivity index (χ0n) is 21.3. The molecule has 0 spiro atoms. The molecule has 1 fully saturated rings. The van der Waals surface area contributed by atoms with E-state index in [0.29, 0.717) is 12.0 Å². The van der Waals surface area contributed by atoms with Crippen LogP contribution in [-0.4, -0.2) is 27.9 Å². The van der Waals surface area contributed by atoms with E-state index < -0.39 is 0 Å². The van der Waals surface area contributed by atoms with Gasteiger partial charge < -0.3 is 5.32 Å². The normalized spacial score (nSPS) is 19.8. The van der Waals surface area contributed by atoms with Crippen LogP contribution < -0.4 is 5.32 Å². The van der Waals surface area contributed by atoms with Crippen molar-refractivity contribution >= 4 is 28.5 Å². The van der Waals surface area contributed by atoms with Gasteiger partial charge in [0, 0.05) is 34.9 Å². The summed E-state index contributed by atoms with van der Waals surface area (Å²) in [5.74, 6) is 0.723. The highest BCUT2D eigenvalue weighted by Crippen LogP contribution is 2.45. The average molecular weight is 469 g/mol. The van der Waals surface area contributed by atoms with Gasteiger partial charge in [0.25, 0.3) is 5.91 Å². The first-order valence-electron chi connectivity index (χ1n) is 12.7. The largest absolute Gasteiger partial charge is 0.349 e. The van der Waals surface area contributed by atoms with E-state index in [4.69, 9.17) is 4.99 Å². The number of thiophene rings is 1. The van der Waals surface area contributed by atoms with Gasteiger partial charge in [-0.1, -0.05) is 40.0 Å². The Morgan fingerprint density at radius 1 is 1.21 bits per heavy atom. The van der Waals surface area contributed by atoms with E-state index in [2.05, 4.69) is 45.0 Å². The Hall–Kier alpha value is -1.95. The zero-order chi connectivity index (χ0) is 23.8. The van der Waals surface area contributed by atoms with E-state index in [1.54, 1.807) is 11.3 Å². The van der Waals surface area contributed by atoms with Gasteiger partial charge >= 0.3 is 0 Å². The number of hydrogen-bond acceptors (Lipinski definition) is 4. The number of fused-ring (bicyclic) bond motifs is 1. The van der Waals surface area contributed by atoms with Crippen molar-refractivity contribution in [1.29, 1.82) is 0 Å². The third-order valence-electron chi connectivity index (χ3n) is 7.69. The summed E-state index contributed by atoms with van der Waals surface area (Å²) in [5.41, 5.74) is 5.54. The lowest BCUT2D eigenvalue weighted by atomic mass is 9.72. The molecule has 2 aliphatic rings. The van der Waals surface area contributed by atoms with E-state index in [1.807, 2.05) is 17.8 Å². The summed E-state index contributed by atoms with van der Waals surface area (Å²) in [4.78, 5) is 19.8. The first-order chi connectivity index (χ1) is 15.7. The van der Waals surface area contributed by atoms with Crippen molar-refractivity contribution in [3.05, 3.63) is 33.0 Å². The molecular weight excluding hydrogens is 428 g/mol. The Balaban J connectivity index is 1.68. The molecule has 180 valence electrons. The number of aromatic nitrogens is 2. The van der Waals surface area contributed by atoms with Crippen molar-refractivity contribution in [2.45, 2.75) is 105 Å². The molecule has 0 aliphatic heterocycles. The van der Waals surface area contributed by atoms with Crippen LogP contribution in [-0.2, 0) is 19.4 Å². The van der Waals surface area contributed by atoms with Crippen LogP contribution >= 0.6 is 11.3 Å². The second kappa shape index (κ2) is 9.73. The molecule has 2 aromatic heterocycles. The summed E-state index contributed by atoms with van der Waals surface area (Å²) in [6.45, 7) is 14.1. The SMILES string of the molecule is CCn1nc(C)c(C=Nc2sc3c(c2C(=O)NC2CCCCC2)CCC(C(C)(C)C)C3)c1C. The van der Waals surface area contributed by atoms with Crippen LogP contribution in [0.1, 0.15) is 104 Å². The number of aryl methyl sites for hydroxylation is 2. The standard InChI is InChI=1S/C27H40N4OS/c1-7-31-18(3)22(17(2)30-31)16-28-26-24(25(32)29-20-11-9-8-10-12-20)21-14-13-19(27(4,5)6)15-23(21)33-26/h16,19-20H,7-15H2,1-6H3,(H,29,32). The predicted octanol–water partition coefficient (Wildman–Crippen LogP) is 6.55. The predicted molar refractivity (Wildman–Crippen MR) is 138 cm³/mol. The molecule has 2 aliphatic carbocycles. The number of carbonyl (C=O) groups is 1. The topological polar surface area (TPSA) is 59.3 Å². The van der Waals surface area contributed by atoms with Crippen LogP contribution in [0.5, 0.6) is 0 Å². The Kier molecular flexibility index (Phi) is 7.13. The van der Waals surface area contributed by atoms with Crippen molar-refractivity contribution in [1.82, 2.24) is 15.1 Å². The Morgan fingerprint density at radius 2 is 1.94 bits per heavy atom. The second-order valence-corrected chi connectivity index (χ2v) is 12.0. The number of nitrogens with one attached hydrogen (secondary N) is 1. The lowest BCUT2D eigenvalue weighted by Gasteiger charge is -2.34. The maximum Gasteiger partial charge on any atom is 0.254 e. The van der Waals surface area contributed by atoms with E-state index in [1.165, 1.54) is 29.7 Å². The van der Waals surface area contributed by atoms with Gasteiger partial charge in [0.1, 0.15) is 5.00 Å². The van der Waals surface area contributed by atoms with Gasteiger partial charge in [-0.15, -0.1) is 11.3 Å². The summed E-state index contributed by atoms with van der Waals surface area (Å²) in [6.07, 6.45) is 11.0. The van der Waals surface area contributed by atoms with Crippen LogP contribution in [0.15, 0.2) is 4.99 Å². The molecule has 2 aromatic rings. The lowest BCUT2D eigenvalue weighted by Crippen LogP contribution is -2.36.